The summed E-state index contributed by atoms with van der Waals surface area (Å²) in [4.78, 5) is 34.6. The maximum atomic E-state index is 13.1. The van der Waals surface area contributed by atoms with Crippen LogP contribution in [-0.4, -0.2) is 19.1 Å². The highest BCUT2D eigenvalue weighted by atomic mass is 16.2. The SMILES string of the molecule is CCCCCCCCCCCCCCCCCCn1c(=O)nc2n(C)c3cc(C)c(C)cc3nc-2c1=O. The molecular formula is C31H48N4O2. The second-order valence-electron chi connectivity index (χ2n) is 10.9. The van der Waals surface area contributed by atoms with Crippen LogP contribution in [0.4, 0.5) is 0 Å². The van der Waals surface area contributed by atoms with E-state index >= 15 is 0 Å². The first kappa shape index (κ1) is 29.1. The number of benzene rings is 1. The van der Waals surface area contributed by atoms with Gasteiger partial charge < -0.3 is 4.57 Å². The van der Waals surface area contributed by atoms with Crippen molar-refractivity contribution in [2.24, 2.45) is 7.05 Å². The number of unbranched alkanes of at least 4 members (excludes halogenated alkanes) is 15. The predicted octanol–water partition coefficient (Wildman–Crippen LogP) is 7.47. The third-order valence-electron chi connectivity index (χ3n) is 7.83. The number of hydrogen-bond donors (Lipinski definition) is 0. The molecule has 0 amide bonds. The van der Waals surface area contributed by atoms with E-state index in [1.165, 1.54) is 88.0 Å². The molecule has 1 aromatic rings. The van der Waals surface area contributed by atoms with Crippen molar-refractivity contribution >= 4 is 11.0 Å². The van der Waals surface area contributed by atoms with Crippen molar-refractivity contribution in [3.63, 3.8) is 0 Å². The van der Waals surface area contributed by atoms with Gasteiger partial charge in [0.15, 0.2) is 11.5 Å². The Morgan fingerprint density at radius 1 is 0.676 bits per heavy atom. The Labute approximate surface area is 222 Å². The minimum atomic E-state index is -0.473. The number of hydrogen-bond acceptors (Lipinski definition) is 4. The van der Waals surface area contributed by atoms with Crippen LogP contribution in [0.2, 0.25) is 0 Å². The molecule has 6 nitrogen and oxygen atoms in total. The van der Waals surface area contributed by atoms with Crippen LogP contribution in [0.1, 0.15) is 121 Å². The number of nitrogens with zero attached hydrogens (tertiary/aromatic N) is 4. The molecule has 0 saturated carbocycles. The number of fused-ring (bicyclic) bond motifs is 2. The summed E-state index contributed by atoms with van der Waals surface area (Å²) in [6, 6.07) is 4.03. The molecule has 0 fully saturated rings. The zero-order valence-electron chi connectivity index (χ0n) is 23.8. The monoisotopic (exact) mass is 508 g/mol. The number of aromatic nitrogens is 4. The summed E-state index contributed by atoms with van der Waals surface area (Å²) in [6.45, 7) is 6.77. The topological polar surface area (TPSA) is 69.8 Å². The van der Waals surface area contributed by atoms with E-state index in [0.717, 1.165) is 41.4 Å². The summed E-state index contributed by atoms with van der Waals surface area (Å²) >= 11 is 0. The minimum Gasteiger partial charge on any atom is -0.325 e. The molecule has 0 N–H and O–H groups in total. The largest absolute Gasteiger partial charge is 0.352 e. The lowest BCUT2D eigenvalue weighted by molar-refractivity contribution is 0.512. The fourth-order valence-electron chi connectivity index (χ4n) is 5.24. The highest BCUT2D eigenvalue weighted by Gasteiger charge is 2.20. The first-order valence-corrected chi connectivity index (χ1v) is 14.8. The van der Waals surface area contributed by atoms with Gasteiger partial charge in [0.1, 0.15) is 0 Å². The molecule has 0 bridgehead atoms. The smallest absolute Gasteiger partial charge is 0.325 e. The van der Waals surface area contributed by atoms with Crippen molar-refractivity contribution < 1.29 is 0 Å². The number of rotatable bonds is 17. The Hall–Kier alpha value is -2.50. The molecule has 2 heterocycles. The van der Waals surface area contributed by atoms with E-state index in [1.807, 2.05) is 37.6 Å². The van der Waals surface area contributed by atoms with E-state index in [2.05, 4.69) is 16.9 Å². The fourth-order valence-corrected chi connectivity index (χ4v) is 5.24. The predicted molar refractivity (Wildman–Crippen MR) is 155 cm³/mol. The summed E-state index contributed by atoms with van der Waals surface area (Å²) < 4.78 is 3.08. The van der Waals surface area contributed by atoms with Crippen LogP contribution >= 0.6 is 0 Å². The van der Waals surface area contributed by atoms with Gasteiger partial charge in [-0.05, 0) is 43.5 Å². The normalized spacial score (nSPS) is 11.7. The second kappa shape index (κ2) is 15.0. The molecule has 1 aromatic carbocycles. The Morgan fingerprint density at radius 3 is 1.70 bits per heavy atom. The molecule has 0 atom stereocenters. The van der Waals surface area contributed by atoms with Crippen molar-refractivity contribution in [3.8, 4) is 11.5 Å². The average molecular weight is 509 g/mol. The average Bonchev–Trinajstić information content (AvgIpc) is 2.87. The molecule has 3 rings (SSSR count). The van der Waals surface area contributed by atoms with E-state index in [1.54, 1.807) is 0 Å². The van der Waals surface area contributed by atoms with E-state index in [4.69, 9.17) is 0 Å². The van der Waals surface area contributed by atoms with Crippen molar-refractivity contribution in [2.45, 2.75) is 130 Å². The molecule has 0 unspecified atom stereocenters. The summed E-state index contributed by atoms with van der Waals surface area (Å²) in [7, 11) is 1.84. The van der Waals surface area contributed by atoms with Crippen LogP contribution in [0.5, 0.6) is 0 Å². The quantitative estimate of drug-likeness (QED) is 0.140. The third kappa shape index (κ3) is 8.24. The molecule has 204 valence electrons. The van der Waals surface area contributed by atoms with Crippen molar-refractivity contribution in [1.29, 1.82) is 0 Å². The molecule has 0 aliphatic carbocycles. The first-order chi connectivity index (χ1) is 17.9. The molecule has 2 aliphatic rings. The van der Waals surface area contributed by atoms with Gasteiger partial charge in [-0.3, -0.25) is 9.36 Å². The van der Waals surface area contributed by atoms with Crippen LogP contribution < -0.4 is 11.2 Å². The summed E-state index contributed by atoms with van der Waals surface area (Å²) in [6.07, 6.45) is 20.7. The highest BCUT2D eigenvalue weighted by Crippen LogP contribution is 2.22. The molecule has 0 saturated heterocycles. The van der Waals surface area contributed by atoms with Crippen molar-refractivity contribution in [2.75, 3.05) is 0 Å². The van der Waals surface area contributed by atoms with Gasteiger partial charge in [0.2, 0.25) is 0 Å². The Kier molecular flexibility index (Phi) is 11.8. The van der Waals surface area contributed by atoms with Crippen LogP contribution in [0.25, 0.3) is 22.6 Å². The lowest BCUT2D eigenvalue weighted by Crippen LogP contribution is -2.38. The van der Waals surface area contributed by atoms with E-state index in [-0.39, 0.29) is 11.3 Å². The molecular weight excluding hydrogens is 460 g/mol. The highest BCUT2D eigenvalue weighted by molar-refractivity contribution is 5.80. The van der Waals surface area contributed by atoms with Crippen LogP contribution in [0.3, 0.4) is 0 Å². The van der Waals surface area contributed by atoms with E-state index in [0.29, 0.717) is 12.4 Å². The molecule has 0 aromatic heterocycles. The van der Waals surface area contributed by atoms with Gasteiger partial charge in [0.25, 0.3) is 5.56 Å². The Bertz CT molecular complexity index is 1210. The van der Waals surface area contributed by atoms with Crippen molar-refractivity contribution in [1.82, 2.24) is 19.1 Å². The Morgan fingerprint density at radius 2 is 1.16 bits per heavy atom. The van der Waals surface area contributed by atoms with E-state index in [9.17, 15) is 9.59 Å². The zero-order valence-corrected chi connectivity index (χ0v) is 23.8. The van der Waals surface area contributed by atoms with Crippen molar-refractivity contribution in [3.05, 3.63) is 44.1 Å². The van der Waals surface area contributed by atoms with Gasteiger partial charge >= 0.3 is 5.69 Å². The lowest BCUT2D eigenvalue weighted by atomic mass is 10.0. The Balaban J connectivity index is 1.38. The molecule has 2 aliphatic heterocycles. The van der Waals surface area contributed by atoms with Gasteiger partial charge in [0.05, 0.1) is 11.0 Å². The second-order valence-corrected chi connectivity index (χ2v) is 10.9. The summed E-state index contributed by atoms with van der Waals surface area (Å²) in [5.74, 6) is 0.356. The van der Waals surface area contributed by atoms with Crippen LogP contribution in [0.15, 0.2) is 21.7 Å². The van der Waals surface area contributed by atoms with Gasteiger partial charge in [-0.2, -0.15) is 4.98 Å². The molecule has 6 heteroatoms. The minimum absolute atomic E-state index is 0.273. The molecule has 0 radical (unpaired) electrons. The molecule has 37 heavy (non-hydrogen) atoms. The first-order valence-electron chi connectivity index (χ1n) is 14.8. The summed E-state index contributed by atoms with van der Waals surface area (Å²) in [5, 5.41) is 0. The maximum absolute atomic E-state index is 13.1. The number of aryl methyl sites for hydroxylation is 3. The lowest BCUT2D eigenvalue weighted by Gasteiger charge is -2.15. The molecule has 0 spiro atoms. The van der Waals surface area contributed by atoms with Gasteiger partial charge in [-0.25, -0.2) is 9.78 Å². The zero-order chi connectivity index (χ0) is 26.6. The van der Waals surface area contributed by atoms with E-state index < -0.39 is 5.69 Å². The van der Waals surface area contributed by atoms with Gasteiger partial charge in [-0.1, -0.05) is 103 Å². The van der Waals surface area contributed by atoms with Gasteiger partial charge in [-0.15, -0.1) is 0 Å². The maximum Gasteiger partial charge on any atom is 0.352 e. The van der Waals surface area contributed by atoms with Gasteiger partial charge in [0, 0.05) is 13.6 Å². The summed E-state index contributed by atoms with van der Waals surface area (Å²) in [5.41, 5.74) is 3.37. The van der Waals surface area contributed by atoms with Crippen LogP contribution in [0, 0.1) is 13.8 Å². The third-order valence-corrected chi connectivity index (χ3v) is 7.83. The fraction of sp³-hybridized carbons (Fsp3) is 0.677. The van der Waals surface area contributed by atoms with Crippen LogP contribution in [-0.2, 0) is 13.6 Å². The standard InChI is InChI=1S/C31H48N4O2/c1-5-6-7-8-9-10-11-12-13-14-15-16-17-18-19-20-21-35-30(36)28-29(33-31(35)37)34(4)27-23-25(3)24(2)22-26(27)32-28/h22-23H,5-21H2,1-4H3.